The molecule has 0 aromatic heterocycles. The van der Waals surface area contributed by atoms with Crippen LogP contribution < -0.4 is 0 Å². The van der Waals surface area contributed by atoms with E-state index in [-0.39, 0.29) is 0 Å². The van der Waals surface area contributed by atoms with E-state index in [2.05, 4.69) is 13.8 Å². The highest BCUT2D eigenvalue weighted by atomic mass is 13.7. The van der Waals surface area contributed by atoms with Crippen molar-refractivity contribution in [3.8, 4) is 0 Å². The number of rotatable bonds is 4. The molecular formula is C6H15B. The molecule has 0 amide bonds. The summed E-state index contributed by atoms with van der Waals surface area (Å²) < 4.78 is 0. The molecule has 0 aliphatic carbocycles. The Hall–Kier alpha value is 0.0649. The van der Waals surface area contributed by atoms with Crippen molar-refractivity contribution in [1.29, 1.82) is 0 Å². The molecule has 0 aromatic carbocycles. The minimum absolute atomic E-state index is 1.36. The van der Waals surface area contributed by atoms with Crippen LogP contribution in [0.2, 0.25) is 12.6 Å². The molecule has 0 radical (unpaired) electrons. The molecule has 0 aliphatic heterocycles. The maximum Gasteiger partial charge on any atom is 0.120 e. The van der Waals surface area contributed by atoms with Gasteiger partial charge in [0.2, 0.25) is 0 Å². The van der Waals surface area contributed by atoms with Gasteiger partial charge in [-0.05, 0) is 0 Å². The van der Waals surface area contributed by atoms with Gasteiger partial charge in [-0.25, -0.2) is 0 Å². The first kappa shape index (κ1) is 7.06. The SMILES string of the molecule is CCCBCCC. The van der Waals surface area contributed by atoms with Crippen molar-refractivity contribution in [2.24, 2.45) is 0 Å². The Morgan fingerprint density at radius 2 is 1.43 bits per heavy atom. The molecule has 0 aromatic rings. The molecule has 0 atom stereocenters. The highest BCUT2D eigenvalue weighted by Gasteiger charge is 1.83. The highest BCUT2D eigenvalue weighted by Crippen LogP contribution is 1.92. The normalized spacial score (nSPS) is 8.86. The van der Waals surface area contributed by atoms with Gasteiger partial charge in [0.05, 0.1) is 0 Å². The van der Waals surface area contributed by atoms with Gasteiger partial charge in [0.25, 0.3) is 0 Å². The molecule has 0 heterocycles. The van der Waals surface area contributed by atoms with E-state index in [1.807, 2.05) is 0 Å². The van der Waals surface area contributed by atoms with E-state index in [1.165, 1.54) is 32.8 Å². The summed E-state index contributed by atoms with van der Waals surface area (Å²) in [6, 6.07) is 0. The van der Waals surface area contributed by atoms with Crippen LogP contribution in [0.5, 0.6) is 0 Å². The van der Waals surface area contributed by atoms with Gasteiger partial charge in [0, 0.05) is 0 Å². The third-order valence-corrected chi connectivity index (χ3v) is 1.21. The van der Waals surface area contributed by atoms with Gasteiger partial charge < -0.3 is 0 Å². The lowest BCUT2D eigenvalue weighted by molar-refractivity contribution is 1.02. The zero-order valence-corrected chi connectivity index (χ0v) is 5.54. The zero-order valence-electron chi connectivity index (χ0n) is 5.54. The van der Waals surface area contributed by atoms with Crippen LogP contribution in [0.15, 0.2) is 0 Å². The fraction of sp³-hybridized carbons (Fsp3) is 1.00. The second-order valence-corrected chi connectivity index (χ2v) is 2.06. The second-order valence-electron chi connectivity index (χ2n) is 2.06. The summed E-state index contributed by atoms with van der Waals surface area (Å²) in [6.07, 6.45) is 5.57. The largest absolute Gasteiger partial charge is 0.120 e. The quantitative estimate of drug-likeness (QED) is 0.373. The molecule has 42 valence electrons. The van der Waals surface area contributed by atoms with Gasteiger partial charge in [-0.3, -0.25) is 0 Å². The summed E-state index contributed by atoms with van der Waals surface area (Å²) in [4.78, 5) is 0. The van der Waals surface area contributed by atoms with E-state index in [0.29, 0.717) is 0 Å². The lowest BCUT2D eigenvalue weighted by Gasteiger charge is -1.87. The molecule has 0 nitrogen and oxygen atoms in total. The van der Waals surface area contributed by atoms with E-state index < -0.39 is 0 Å². The predicted octanol–water partition coefficient (Wildman–Crippen LogP) is 2.08. The highest BCUT2D eigenvalue weighted by molar-refractivity contribution is 6.35. The summed E-state index contributed by atoms with van der Waals surface area (Å²) in [7, 11) is 1.44. The van der Waals surface area contributed by atoms with Crippen LogP contribution in [-0.2, 0) is 0 Å². The molecular weight excluding hydrogens is 82.9 g/mol. The molecule has 0 N–H and O–H groups in total. The van der Waals surface area contributed by atoms with Gasteiger partial charge in [0.15, 0.2) is 0 Å². The third kappa shape index (κ3) is 6.06. The van der Waals surface area contributed by atoms with Gasteiger partial charge in [-0.2, -0.15) is 0 Å². The number of hydrogen-bond acceptors (Lipinski definition) is 0. The van der Waals surface area contributed by atoms with Crippen LogP contribution in [-0.4, -0.2) is 7.28 Å². The van der Waals surface area contributed by atoms with Crippen LogP contribution in [0.1, 0.15) is 26.7 Å². The van der Waals surface area contributed by atoms with E-state index in [1.54, 1.807) is 0 Å². The topological polar surface area (TPSA) is 0 Å². The summed E-state index contributed by atoms with van der Waals surface area (Å²) >= 11 is 0. The van der Waals surface area contributed by atoms with Crippen molar-refractivity contribution < 1.29 is 0 Å². The molecule has 0 bridgehead atoms. The van der Waals surface area contributed by atoms with Crippen molar-refractivity contribution >= 4 is 7.28 Å². The van der Waals surface area contributed by atoms with Gasteiger partial charge >= 0.3 is 0 Å². The van der Waals surface area contributed by atoms with Crippen molar-refractivity contribution in [2.75, 3.05) is 0 Å². The van der Waals surface area contributed by atoms with Crippen LogP contribution in [0.25, 0.3) is 0 Å². The Morgan fingerprint density at radius 3 is 1.71 bits per heavy atom. The molecule has 0 unspecified atom stereocenters. The molecule has 7 heavy (non-hydrogen) atoms. The van der Waals surface area contributed by atoms with E-state index in [0.717, 1.165) is 0 Å². The van der Waals surface area contributed by atoms with Crippen LogP contribution in [0.3, 0.4) is 0 Å². The van der Waals surface area contributed by atoms with E-state index in [4.69, 9.17) is 0 Å². The Morgan fingerprint density at radius 1 is 1.00 bits per heavy atom. The van der Waals surface area contributed by atoms with E-state index >= 15 is 0 Å². The lowest BCUT2D eigenvalue weighted by atomic mass is 9.69. The first-order valence-electron chi connectivity index (χ1n) is 3.41. The summed E-state index contributed by atoms with van der Waals surface area (Å²) in [6.45, 7) is 4.49. The van der Waals surface area contributed by atoms with Gasteiger partial charge in [-0.15, -0.1) is 0 Å². The Bertz CT molecular complexity index is 23.4. The molecule has 0 spiro atoms. The van der Waals surface area contributed by atoms with Crippen LogP contribution in [0, 0.1) is 0 Å². The maximum atomic E-state index is 2.25. The minimum atomic E-state index is 1.36. The predicted molar refractivity (Wildman–Crippen MR) is 37.3 cm³/mol. The van der Waals surface area contributed by atoms with Crippen molar-refractivity contribution in [1.82, 2.24) is 0 Å². The lowest BCUT2D eigenvalue weighted by Crippen LogP contribution is -1.84. The van der Waals surface area contributed by atoms with Crippen molar-refractivity contribution in [3.63, 3.8) is 0 Å². The second kappa shape index (κ2) is 6.06. The first-order valence-corrected chi connectivity index (χ1v) is 3.41. The summed E-state index contributed by atoms with van der Waals surface area (Å²) in [5, 5.41) is 0. The molecule has 0 fully saturated rings. The van der Waals surface area contributed by atoms with Crippen molar-refractivity contribution in [3.05, 3.63) is 0 Å². The van der Waals surface area contributed by atoms with Crippen molar-refractivity contribution in [2.45, 2.75) is 39.3 Å². The first-order chi connectivity index (χ1) is 3.41. The Labute approximate surface area is 47.6 Å². The van der Waals surface area contributed by atoms with E-state index in [9.17, 15) is 0 Å². The monoisotopic (exact) mass is 98.1 g/mol. The van der Waals surface area contributed by atoms with Crippen LogP contribution >= 0.6 is 0 Å². The van der Waals surface area contributed by atoms with Crippen LogP contribution in [0.4, 0.5) is 0 Å². The summed E-state index contributed by atoms with van der Waals surface area (Å²) in [5.74, 6) is 0. The minimum Gasteiger partial charge on any atom is -0.0777 e. The molecule has 0 aliphatic rings. The maximum absolute atomic E-state index is 2.25. The average Bonchev–Trinajstić information content (AvgIpc) is 1.69. The smallest absolute Gasteiger partial charge is 0.0777 e. The van der Waals surface area contributed by atoms with Gasteiger partial charge in [-0.1, -0.05) is 39.3 Å². The average molecular weight is 98.0 g/mol. The molecule has 0 saturated carbocycles. The Balaban J connectivity index is 2.45. The fourth-order valence-electron chi connectivity index (χ4n) is 0.677. The summed E-state index contributed by atoms with van der Waals surface area (Å²) in [5.41, 5.74) is 0. The zero-order chi connectivity index (χ0) is 5.54. The standard InChI is InChI=1S/C6H15B/c1-3-5-7-6-4-2/h7H,3-6H2,1-2H3. The molecule has 0 rings (SSSR count). The fourth-order valence-corrected chi connectivity index (χ4v) is 0.677. The number of hydrogen-bond donors (Lipinski definition) is 0. The molecule has 0 saturated heterocycles. The molecule has 1 heteroatoms. The Kier molecular flexibility index (Phi) is 6.12. The van der Waals surface area contributed by atoms with Gasteiger partial charge in [0.1, 0.15) is 7.28 Å². The third-order valence-electron chi connectivity index (χ3n) is 1.21.